The molecule has 1 aromatic carbocycles. The molecule has 14 heavy (non-hydrogen) atoms. The molecule has 0 aliphatic carbocycles. The van der Waals surface area contributed by atoms with E-state index in [9.17, 15) is 4.79 Å². The number of primary amides is 1. The third-order valence-electron chi connectivity index (χ3n) is 1.79. The van der Waals surface area contributed by atoms with E-state index in [1.54, 1.807) is 12.3 Å². The molecular weight excluding hydrogens is 180 g/mol. The first-order valence-corrected chi connectivity index (χ1v) is 4.07. The van der Waals surface area contributed by atoms with Gasteiger partial charge in [-0.3, -0.25) is 9.79 Å². The summed E-state index contributed by atoms with van der Waals surface area (Å²) in [7, 11) is 0. The number of hydrogen-bond acceptors (Lipinski definition) is 3. The Morgan fingerprint density at radius 1 is 1.36 bits per heavy atom. The molecule has 0 atom stereocenters. The van der Waals surface area contributed by atoms with Gasteiger partial charge in [-0.05, 0) is 12.1 Å². The molecule has 0 fully saturated rings. The molecule has 70 valence electrons. The maximum absolute atomic E-state index is 10.9. The fourth-order valence-corrected chi connectivity index (χ4v) is 1.12. The number of ether oxygens (including phenoxy) is 1. The van der Waals surface area contributed by atoms with Gasteiger partial charge < -0.3 is 10.5 Å². The minimum absolute atomic E-state index is 0.0474. The number of hydrogen-bond donors (Lipinski definition) is 1. The van der Waals surface area contributed by atoms with E-state index in [-0.39, 0.29) is 5.76 Å². The highest BCUT2D eigenvalue weighted by Crippen LogP contribution is 2.20. The zero-order valence-electron chi connectivity index (χ0n) is 7.31. The van der Waals surface area contributed by atoms with Gasteiger partial charge in [-0.15, -0.1) is 0 Å². The van der Waals surface area contributed by atoms with E-state index in [1.165, 1.54) is 6.20 Å². The van der Waals surface area contributed by atoms with Crippen molar-refractivity contribution in [1.29, 1.82) is 0 Å². The summed E-state index contributed by atoms with van der Waals surface area (Å²) in [6, 6.07) is 7.28. The number of nitrogens with two attached hydrogens (primary N) is 1. The predicted octanol–water partition coefficient (Wildman–Crippen LogP) is 0.825. The number of nitrogens with zero attached hydrogens (tertiary/aromatic N) is 1. The van der Waals surface area contributed by atoms with Gasteiger partial charge in [-0.25, -0.2) is 0 Å². The molecule has 1 heterocycles. The Morgan fingerprint density at radius 3 is 2.93 bits per heavy atom. The van der Waals surface area contributed by atoms with Crippen LogP contribution in [-0.4, -0.2) is 12.1 Å². The lowest BCUT2D eigenvalue weighted by atomic mass is 10.2. The van der Waals surface area contributed by atoms with E-state index in [1.807, 2.05) is 18.2 Å². The zero-order valence-corrected chi connectivity index (χ0v) is 7.31. The standard InChI is InChI=1S/C10H8N2O2/c11-10(13)9-6-12-5-7-3-1-2-4-8(7)14-9/h1-6H,(H2,11,13). The molecule has 0 bridgehead atoms. The SMILES string of the molecule is NC(=O)C1=CN=Cc2ccccc2O1. The van der Waals surface area contributed by atoms with Crippen LogP contribution in [0.15, 0.2) is 41.2 Å². The summed E-state index contributed by atoms with van der Waals surface area (Å²) in [5.41, 5.74) is 5.91. The number of carbonyl (C=O) groups excluding carboxylic acids is 1. The Balaban J connectivity index is 2.42. The van der Waals surface area contributed by atoms with Crippen molar-refractivity contribution in [2.45, 2.75) is 0 Å². The van der Waals surface area contributed by atoms with Crippen LogP contribution in [0.5, 0.6) is 5.75 Å². The molecule has 4 nitrogen and oxygen atoms in total. The van der Waals surface area contributed by atoms with Gasteiger partial charge in [-0.1, -0.05) is 12.1 Å². The summed E-state index contributed by atoms with van der Waals surface area (Å²) < 4.78 is 5.28. The van der Waals surface area contributed by atoms with Crippen molar-refractivity contribution in [2.24, 2.45) is 10.7 Å². The van der Waals surface area contributed by atoms with Gasteiger partial charge in [0, 0.05) is 11.8 Å². The monoisotopic (exact) mass is 188 g/mol. The molecule has 0 saturated carbocycles. The smallest absolute Gasteiger partial charge is 0.286 e. The first-order valence-electron chi connectivity index (χ1n) is 4.07. The Kier molecular flexibility index (Phi) is 2.02. The van der Waals surface area contributed by atoms with Gasteiger partial charge in [0.15, 0.2) is 0 Å². The highest BCUT2D eigenvalue weighted by molar-refractivity contribution is 5.92. The lowest BCUT2D eigenvalue weighted by Crippen LogP contribution is -2.17. The topological polar surface area (TPSA) is 64.7 Å². The Bertz CT molecular complexity index is 436. The van der Waals surface area contributed by atoms with Gasteiger partial charge >= 0.3 is 0 Å². The normalized spacial score (nSPS) is 13.6. The summed E-state index contributed by atoms with van der Waals surface area (Å²) in [5.74, 6) is 0.00357. The van der Waals surface area contributed by atoms with Gasteiger partial charge in [0.1, 0.15) is 5.75 Å². The second kappa shape index (κ2) is 3.33. The molecule has 0 saturated heterocycles. The van der Waals surface area contributed by atoms with Crippen molar-refractivity contribution in [3.05, 3.63) is 41.8 Å². The maximum atomic E-state index is 10.9. The van der Waals surface area contributed by atoms with Crippen molar-refractivity contribution in [3.63, 3.8) is 0 Å². The molecule has 1 amide bonds. The summed E-state index contributed by atoms with van der Waals surface area (Å²) in [6.45, 7) is 0. The van der Waals surface area contributed by atoms with Crippen molar-refractivity contribution >= 4 is 12.1 Å². The van der Waals surface area contributed by atoms with Crippen molar-refractivity contribution < 1.29 is 9.53 Å². The highest BCUT2D eigenvalue weighted by atomic mass is 16.5. The summed E-state index contributed by atoms with van der Waals surface area (Å²) in [4.78, 5) is 14.8. The molecule has 1 aromatic rings. The van der Waals surface area contributed by atoms with Gasteiger partial charge in [0.05, 0.1) is 6.20 Å². The van der Waals surface area contributed by atoms with Crippen LogP contribution in [0.2, 0.25) is 0 Å². The molecule has 2 N–H and O–H groups in total. The molecule has 4 heteroatoms. The first-order chi connectivity index (χ1) is 6.77. The van der Waals surface area contributed by atoms with Crippen LogP contribution in [0.4, 0.5) is 0 Å². The minimum atomic E-state index is -0.626. The molecule has 2 rings (SSSR count). The Morgan fingerprint density at radius 2 is 2.14 bits per heavy atom. The van der Waals surface area contributed by atoms with Crippen LogP contribution >= 0.6 is 0 Å². The molecule has 1 aliphatic heterocycles. The summed E-state index contributed by atoms with van der Waals surface area (Å²) in [6.07, 6.45) is 2.92. The average molecular weight is 188 g/mol. The van der Waals surface area contributed by atoms with E-state index in [4.69, 9.17) is 10.5 Å². The molecule has 1 aliphatic rings. The van der Waals surface area contributed by atoms with Crippen LogP contribution < -0.4 is 10.5 Å². The quantitative estimate of drug-likeness (QED) is 0.709. The van der Waals surface area contributed by atoms with Crippen LogP contribution in [0.25, 0.3) is 0 Å². The van der Waals surface area contributed by atoms with Gasteiger partial charge in [0.25, 0.3) is 5.91 Å². The number of rotatable bonds is 1. The molecule has 0 radical (unpaired) electrons. The third-order valence-corrected chi connectivity index (χ3v) is 1.79. The van der Waals surface area contributed by atoms with Crippen LogP contribution in [0.3, 0.4) is 0 Å². The zero-order chi connectivity index (χ0) is 9.97. The summed E-state index contributed by atoms with van der Waals surface area (Å²) >= 11 is 0. The molecular formula is C10H8N2O2. The first kappa shape index (κ1) is 8.50. The van der Waals surface area contributed by atoms with Gasteiger partial charge in [-0.2, -0.15) is 0 Å². The van der Waals surface area contributed by atoms with Gasteiger partial charge in [0.2, 0.25) is 5.76 Å². The predicted molar refractivity (Wildman–Crippen MR) is 51.9 cm³/mol. The number of carbonyl (C=O) groups is 1. The number of para-hydroxylation sites is 1. The average Bonchev–Trinajstić information content (AvgIpc) is 2.39. The molecule has 0 spiro atoms. The Hall–Kier alpha value is -2.10. The Labute approximate surface area is 80.7 Å². The number of aliphatic imine (C=N–C) groups is 1. The largest absolute Gasteiger partial charge is 0.449 e. The lowest BCUT2D eigenvalue weighted by Gasteiger charge is -2.05. The fourth-order valence-electron chi connectivity index (χ4n) is 1.12. The van der Waals surface area contributed by atoms with Crippen molar-refractivity contribution in [1.82, 2.24) is 0 Å². The highest BCUT2D eigenvalue weighted by Gasteiger charge is 2.11. The van der Waals surface area contributed by atoms with Crippen LogP contribution in [-0.2, 0) is 4.79 Å². The lowest BCUT2D eigenvalue weighted by molar-refractivity contribution is -0.116. The van der Waals surface area contributed by atoms with Crippen LogP contribution in [0.1, 0.15) is 5.56 Å². The van der Waals surface area contributed by atoms with E-state index in [0.29, 0.717) is 5.75 Å². The van der Waals surface area contributed by atoms with E-state index >= 15 is 0 Å². The van der Waals surface area contributed by atoms with E-state index in [2.05, 4.69) is 4.99 Å². The second-order valence-electron chi connectivity index (χ2n) is 2.78. The van der Waals surface area contributed by atoms with Crippen molar-refractivity contribution in [2.75, 3.05) is 0 Å². The second-order valence-corrected chi connectivity index (χ2v) is 2.78. The number of amides is 1. The number of benzene rings is 1. The number of fused-ring (bicyclic) bond motifs is 1. The maximum Gasteiger partial charge on any atom is 0.286 e. The third kappa shape index (κ3) is 1.50. The van der Waals surface area contributed by atoms with E-state index in [0.717, 1.165) is 5.56 Å². The fraction of sp³-hybridized carbons (Fsp3) is 0. The summed E-state index contributed by atoms with van der Waals surface area (Å²) in [5, 5.41) is 0. The van der Waals surface area contributed by atoms with E-state index < -0.39 is 5.91 Å². The minimum Gasteiger partial charge on any atom is -0.449 e. The molecule has 0 unspecified atom stereocenters. The van der Waals surface area contributed by atoms with Crippen LogP contribution in [0, 0.1) is 0 Å². The molecule has 0 aromatic heterocycles. The van der Waals surface area contributed by atoms with Crippen molar-refractivity contribution in [3.8, 4) is 5.75 Å².